The molecule has 1 aromatic rings. The summed E-state index contributed by atoms with van der Waals surface area (Å²) in [6.45, 7) is 1.74. The number of aromatic nitrogens is 1. The van der Waals surface area contributed by atoms with Gasteiger partial charge in [0.05, 0.1) is 5.69 Å². The van der Waals surface area contributed by atoms with Gasteiger partial charge < -0.3 is 15.5 Å². The van der Waals surface area contributed by atoms with Crippen LogP contribution in [-0.2, 0) is 0 Å². The molecule has 14 heavy (non-hydrogen) atoms. The molecule has 1 amide bonds. The summed E-state index contributed by atoms with van der Waals surface area (Å²) >= 11 is 0. The quantitative estimate of drug-likeness (QED) is 0.706. The van der Waals surface area contributed by atoms with Gasteiger partial charge in [-0.15, -0.1) is 0 Å². The van der Waals surface area contributed by atoms with Crippen molar-refractivity contribution in [3.8, 4) is 0 Å². The summed E-state index contributed by atoms with van der Waals surface area (Å²) in [5, 5.41) is 2.84. The van der Waals surface area contributed by atoms with Crippen LogP contribution in [0.15, 0.2) is 10.8 Å². The van der Waals surface area contributed by atoms with E-state index in [0.717, 1.165) is 12.8 Å². The van der Waals surface area contributed by atoms with Crippen LogP contribution in [0.2, 0.25) is 0 Å². The first-order valence-corrected chi connectivity index (χ1v) is 4.63. The Labute approximate surface area is 81.7 Å². The Balaban J connectivity index is 1.93. The van der Waals surface area contributed by atoms with E-state index >= 15 is 0 Å². The van der Waals surface area contributed by atoms with E-state index in [9.17, 15) is 4.79 Å². The lowest BCUT2D eigenvalue weighted by Gasteiger charge is -2.32. The van der Waals surface area contributed by atoms with Gasteiger partial charge in [-0.2, -0.15) is 0 Å². The Bertz CT molecular complexity index is 342. The molecular formula is C9H13N3O2. The predicted molar refractivity (Wildman–Crippen MR) is 49.7 cm³/mol. The van der Waals surface area contributed by atoms with Gasteiger partial charge in [0.1, 0.15) is 0 Å². The molecule has 0 atom stereocenters. The molecule has 0 radical (unpaired) electrons. The second kappa shape index (κ2) is 3.42. The first-order valence-electron chi connectivity index (χ1n) is 4.63. The van der Waals surface area contributed by atoms with Crippen molar-refractivity contribution in [2.24, 2.45) is 5.73 Å². The molecule has 3 N–H and O–H groups in total. The lowest BCUT2D eigenvalue weighted by molar-refractivity contribution is 0.0881. The number of hydrogen-bond donors (Lipinski definition) is 2. The van der Waals surface area contributed by atoms with Crippen LogP contribution < -0.4 is 11.1 Å². The third-order valence-corrected chi connectivity index (χ3v) is 2.46. The maximum Gasteiger partial charge on any atom is 0.289 e. The number of oxazole rings is 1. The second-order valence-corrected chi connectivity index (χ2v) is 3.67. The van der Waals surface area contributed by atoms with Crippen LogP contribution in [0.1, 0.15) is 29.1 Å². The minimum Gasteiger partial charge on any atom is -0.438 e. The first-order chi connectivity index (χ1) is 6.66. The van der Waals surface area contributed by atoms with Crippen molar-refractivity contribution in [2.75, 3.05) is 0 Å². The molecule has 0 saturated heterocycles. The number of amides is 1. The van der Waals surface area contributed by atoms with Crippen molar-refractivity contribution in [3.63, 3.8) is 0 Å². The Morgan fingerprint density at radius 2 is 2.43 bits per heavy atom. The minimum absolute atomic E-state index is 0.196. The fourth-order valence-corrected chi connectivity index (χ4v) is 1.55. The van der Waals surface area contributed by atoms with Gasteiger partial charge in [0.2, 0.25) is 5.76 Å². The highest BCUT2D eigenvalue weighted by atomic mass is 16.3. The number of rotatable bonds is 2. The summed E-state index contributed by atoms with van der Waals surface area (Å²) in [7, 11) is 0. The standard InChI is InChI=1S/C9H13N3O2/c1-5-8(14-4-11-5)9(13)12-7-2-6(10)3-7/h4,6-7H,2-3,10H2,1H3,(H,12,13). The predicted octanol–water partition coefficient (Wildman–Crippen LogP) is 0.203. The van der Waals surface area contributed by atoms with E-state index in [2.05, 4.69) is 10.3 Å². The van der Waals surface area contributed by atoms with E-state index in [-0.39, 0.29) is 18.0 Å². The molecule has 0 aliphatic heterocycles. The summed E-state index contributed by atoms with van der Waals surface area (Å²) in [5.41, 5.74) is 6.22. The Morgan fingerprint density at radius 1 is 1.71 bits per heavy atom. The van der Waals surface area contributed by atoms with Crippen molar-refractivity contribution >= 4 is 5.91 Å². The highest BCUT2D eigenvalue weighted by molar-refractivity contribution is 5.92. The van der Waals surface area contributed by atoms with Crippen LogP contribution in [0.4, 0.5) is 0 Å². The zero-order valence-corrected chi connectivity index (χ0v) is 7.99. The molecule has 1 aliphatic carbocycles. The molecule has 1 fully saturated rings. The number of carbonyl (C=O) groups is 1. The molecule has 1 aliphatic rings. The molecule has 0 aromatic carbocycles. The van der Waals surface area contributed by atoms with Crippen molar-refractivity contribution in [1.29, 1.82) is 0 Å². The Morgan fingerprint density at radius 3 is 2.93 bits per heavy atom. The number of nitrogens with two attached hydrogens (primary N) is 1. The van der Waals surface area contributed by atoms with Gasteiger partial charge in [-0.05, 0) is 19.8 Å². The molecule has 5 heteroatoms. The van der Waals surface area contributed by atoms with E-state index < -0.39 is 0 Å². The molecule has 2 rings (SSSR count). The van der Waals surface area contributed by atoms with E-state index in [1.807, 2.05) is 0 Å². The van der Waals surface area contributed by atoms with Gasteiger partial charge in [-0.3, -0.25) is 4.79 Å². The fraction of sp³-hybridized carbons (Fsp3) is 0.556. The SMILES string of the molecule is Cc1ncoc1C(=O)NC1CC(N)C1. The number of hydrogen-bond acceptors (Lipinski definition) is 4. The van der Waals surface area contributed by atoms with Crippen LogP contribution in [-0.4, -0.2) is 23.0 Å². The Kier molecular flexibility index (Phi) is 2.25. The van der Waals surface area contributed by atoms with E-state index in [1.165, 1.54) is 6.39 Å². The third-order valence-electron chi connectivity index (χ3n) is 2.46. The molecule has 0 spiro atoms. The normalized spacial score (nSPS) is 25.6. The number of nitrogens with one attached hydrogen (secondary N) is 1. The summed E-state index contributed by atoms with van der Waals surface area (Å²) < 4.78 is 4.97. The average molecular weight is 195 g/mol. The number of aryl methyl sites for hydroxylation is 1. The van der Waals surface area contributed by atoms with Crippen molar-refractivity contribution in [1.82, 2.24) is 10.3 Å². The second-order valence-electron chi connectivity index (χ2n) is 3.67. The summed E-state index contributed by atoms with van der Waals surface area (Å²) in [4.78, 5) is 15.4. The third kappa shape index (κ3) is 1.63. The average Bonchev–Trinajstić information content (AvgIpc) is 2.48. The molecule has 0 unspecified atom stereocenters. The van der Waals surface area contributed by atoms with Crippen LogP contribution in [0.25, 0.3) is 0 Å². The highest BCUT2D eigenvalue weighted by Gasteiger charge is 2.28. The molecule has 1 aromatic heterocycles. The van der Waals surface area contributed by atoms with Crippen LogP contribution in [0.3, 0.4) is 0 Å². The molecule has 76 valence electrons. The maximum absolute atomic E-state index is 11.6. The Hall–Kier alpha value is -1.36. The van der Waals surface area contributed by atoms with Crippen molar-refractivity contribution in [3.05, 3.63) is 17.8 Å². The van der Waals surface area contributed by atoms with Gasteiger partial charge in [-0.1, -0.05) is 0 Å². The van der Waals surface area contributed by atoms with Gasteiger partial charge >= 0.3 is 0 Å². The van der Waals surface area contributed by atoms with Crippen LogP contribution in [0, 0.1) is 6.92 Å². The highest BCUT2D eigenvalue weighted by Crippen LogP contribution is 2.18. The molecule has 1 saturated carbocycles. The van der Waals surface area contributed by atoms with Crippen LogP contribution >= 0.6 is 0 Å². The largest absolute Gasteiger partial charge is 0.438 e. The molecular weight excluding hydrogens is 182 g/mol. The lowest BCUT2D eigenvalue weighted by atomic mass is 9.87. The molecule has 1 heterocycles. The van der Waals surface area contributed by atoms with Crippen LogP contribution in [0.5, 0.6) is 0 Å². The maximum atomic E-state index is 11.6. The zero-order chi connectivity index (χ0) is 10.1. The van der Waals surface area contributed by atoms with Crippen molar-refractivity contribution in [2.45, 2.75) is 31.8 Å². The van der Waals surface area contributed by atoms with Gasteiger partial charge in [0.25, 0.3) is 5.91 Å². The molecule has 0 bridgehead atoms. The van der Waals surface area contributed by atoms with E-state index in [1.54, 1.807) is 6.92 Å². The lowest BCUT2D eigenvalue weighted by Crippen LogP contribution is -2.50. The summed E-state index contributed by atoms with van der Waals surface area (Å²) in [6.07, 6.45) is 2.97. The van der Waals surface area contributed by atoms with Gasteiger partial charge in [-0.25, -0.2) is 4.98 Å². The van der Waals surface area contributed by atoms with Gasteiger partial charge in [0, 0.05) is 12.1 Å². The smallest absolute Gasteiger partial charge is 0.289 e. The van der Waals surface area contributed by atoms with Crippen molar-refractivity contribution < 1.29 is 9.21 Å². The number of carbonyl (C=O) groups excluding carboxylic acids is 1. The molecule has 5 nitrogen and oxygen atoms in total. The monoisotopic (exact) mass is 195 g/mol. The van der Waals surface area contributed by atoms with E-state index in [4.69, 9.17) is 10.2 Å². The summed E-state index contributed by atoms with van der Waals surface area (Å²) in [6, 6.07) is 0.429. The minimum atomic E-state index is -0.197. The first kappa shape index (κ1) is 9.21. The fourth-order valence-electron chi connectivity index (χ4n) is 1.55. The zero-order valence-electron chi connectivity index (χ0n) is 7.99. The summed E-state index contributed by atoms with van der Waals surface area (Å²) in [5.74, 6) is 0.0994. The van der Waals surface area contributed by atoms with E-state index in [0.29, 0.717) is 11.5 Å². The topological polar surface area (TPSA) is 81.2 Å². The number of nitrogens with zero attached hydrogens (tertiary/aromatic N) is 1. The van der Waals surface area contributed by atoms with Gasteiger partial charge in [0.15, 0.2) is 6.39 Å².